The molecular formula is C12H26O3. The van der Waals surface area contributed by atoms with Crippen LogP contribution in [0.4, 0.5) is 0 Å². The molecule has 92 valence electrons. The molecule has 0 rings (SSSR count). The molecule has 0 aliphatic carbocycles. The SMILES string of the molecule is CCCCCCCC(O)OCCCCO. The van der Waals surface area contributed by atoms with Gasteiger partial charge in [-0.1, -0.05) is 32.6 Å². The van der Waals surface area contributed by atoms with E-state index in [-0.39, 0.29) is 6.61 Å². The monoisotopic (exact) mass is 218 g/mol. The predicted molar refractivity (Wildman–Crippen MR) is 61.7 cm³/mol. The Morgan fingerprint density at radius 2 is 1.73 bits per heavy atom. The molecule has 0 spiro atoms. The quantitative estimate of drug-likeness (QED) is 0.414. The van der Waals surface area contributed by atoms with Crippen molar-refractivity contribution in [3.8, 4) is 0 Å². The van der Waals surface area contributed by atoms with Crippen molar-refractivity contribution in [2.45, 2.75) is 64.6 Å². The lowest BCUT2D eigenvalue weighted by molar-refractivity contribution is -0.105. The smallest absolute Gasteiger partial charge is 0.154 e. The van der Waals surface area contributed by atoms with Crippen molar-refractivity contribution in [3.63, 3.8) is 0 Å². The zero-order valence-corrected chi connectivity index (χ0v) is 9.95. The van der Waals surface area contributed by atoms with Crippen molar-refractivity contribution in [2.24, 2.45) is 0 Å². The first-order valence-electron chi connectivity index (χ1n) is 6.21. The fourth-order valence-electron chi connectivity index (χ4n) is 1.44. The van der Waals surface area contributed by atoms with E-state index in [0.717, 1.165) is 25.7 Å². The van der Waals surface area contributed by atoms with Gasteiger partial charge in [-0.3, -0.25) is 0 Å². The van der Waals surface area contributed by atoms with Crippen LogP contribution in [-0.2, 0) is 4.74 Å². The molecule has 2 N–H and O–H groups in total. The molecule has 0 radical (unpaired) electrons. The van der Waals surface area contributed by atoms with E-state index < -0.39 is 6.29 Å². The zero-order chi connectivity index (χ0) is 11.4. The molecule has 3 nitrogen and oxygen atoms in total. The Bertz CT molecular complexity index is 117. The number of unbranched alkanes of at least 4 members (excludes halogenated alkanes) is 5. The van der Waals surface area contributed by atoms with E-state index in [0.29, 0.717) is 6.61 Å². The molecule has 1 atom stereocenters. The third-order valence-electron chi connectivity index (χ3n) is 2.42. The van der Waals surface area contributed by atoms with Crippen molar-refractivity contribution >= 4 is 0 Å². The van der Waals surface area contributed by atoms with Gasteiger partial charge in [-0.05, 0) is 25.7 Å². The molecule has 0 aromatic carbocycles. The van der Waals surface area contributed by atoms with Crippen molar-refractivity contribution in [2.75, 3.05) is 13.2 Å². The average molecular weight is 218 g/mol. The molecule has 0 heterocycles. The molecule has 0 amide bonds. The number of hydrogen-bond donors (Lipinski definition) is 2. The summed E-state index contributed by atoms with van der Waals surface area (Å²) in [6, 6.07) is 0. The summed E-state index contributed by atoms with van der Waals surface area (Å²) in [5, 5.41) is 18.0. The third kappa shape index (κ3) is 11.8. The van der Waals surface area contributed by atoms with Gasteiger partial charge in [0.2, 0.25) is 0 Å². The molecule has 3 heteroatoms. The van der Waals surface area contributed by atoms with Crippen LogP contribution in [0.25, 0.3) is 0 Å². The highest BCUT2D eigenvalue weighted by atomic mass is 16.6. The van der Waals surface area contributed by atoms with Gasteiger partial charge < -0.3 is 14.9 Å². The van der Waals surface area contributed by atoms with Gasteiger partial charge in [0.15, 0.2) is 6.29 Å². The van der Waals surface area contributed by atoms with Crippen LogP contribution in [0.2, 0.25) is 0 Å². The predicted octanol–water partition coefficient (Wildman–Crippen LogP) is 2.45. The van der Waals surface area contributed by atoms with Gasteiger partial charge in [-0.15, -0.1) is 0 Å². The van der Waals surface area contributed by atoms with Gasteiger partial charge in [0.05, 0.1) is 0 Å². The maximum absolute atomic E-state index is 9.42. The van der Waals surface area contributed by atoms with E-state index in [1.54, 1.807) is 0 Å². The summed E-state index contributed by atoms with van der Waals surface area (Å²) < 4.78 is 5.20. The molecule has 15 heavy (non-hydrogen) atoms. The summed E-state index contributed by atoms with van der Waals surface area (Å²) in [5.74, 6) is 0. The first-order chi connectivity index (χ1) is 7.31. The maximum Gasteiger partial charge on any atom is 0.154 e. The first kappa shape index (κ1) is 14.9. The van der Waals surface area contributed by atoms with Crippen LogP contribution >= 0.6 is 0 Å². The van der Waals surface area contributed by atoms with E-state index in [9.17, 15) is 5.11 Å². The van der Waals surface area contributed by atoms with E-state index in [4.69, 9.17) is 9.84 Å². The molecular weight excluding hydrogens is 192 g/mol. The second-order valence-corrected chi connectivity index (χ2v) is 3.96. The van der Waals surface area contributed by atoms with Gasteiger partial charge in [-0.2, -0.15) is 0 Å². The largest absolute Gasteiger partial charge is 0.396 e. The van der Waals surface area contributed by atoms with Crippen LogP contribution in [0, 0.1) is 0 Å². The molecule has 1 unspecified atom stereocenters. The highest BCUT2D eigenvalue weighted by Gasteiger charge is 2.02. The Morgan fingerprint density at radius 1 is 1.00 bits per heavy atom. The lowest BCUT2D eigenvalue weighted by Crippen LogP contribution is -2.12. The third-order valence-corrected chi connectivity index (χ3v) is 2.42. The maximum atomic E-state index is 9.42. The molecule has 0 fully saturated rings. The number of rotatable bonds is 11. The summed E-state index contributed by atoms with van der Waals surface area (Å²) in [6.45, 7) is 2.95. The Balaban J connectivity index is 3.08. The molecule has 0 bridgehead atoms. The molecule has 0 saturated heterocycles. The van der Waals surface area contributed by atoms with E-state index in [1.165, 1.54) is 25.7 Å². The fourth-order valence-corrected chi connectivity index (χ4v) is 1.44. The minimum Gasteiger partial charge on any atom is -0.396 e. The summed E-state index contributed by atoms with van der Waals surface area (Å²) in [6.07, 6.45) is 7.73. The van der Waals surface area contributed by atoms with Crippen LogP contribution < -0.4 is 0 Å². The summed E-state index contributed by atoms with van der Waals surface area (Å²) in [7, 11) is 0. The first-order valence-corrected chi connectivity index (χ1v) is 6.21. The van der Waals surface area contributed by atoms with Crippen molar-refractivity contribution in [3.05, 3.63) is 0 Å². The van der Waals surface area contributed by atoms with Gasteiger partial charge in [0.25, 0.3) is 0 Å². The second kappa shape index (κ2) is 12.0. The Labute approximate surface area is 93.5 Å². The summed E-state index contributed by atoms with van der Waals surface area (Å²) in [5.41, 5.74) is 0. The van der Waals surface area contributed by atoms with Crippen molar-refractivity contribution in [1.29, 1.82) is 0 Å². The van der Waals surface area contributed by atoms with Crippen LogP contribution in [-0.4, -0.2) is 29.7 Å². The van der Waals surface area contributed by atoms with Crippen LogP contribution in [0.15, 0.2) is 0 Å². The average Bonchev–Trinajstić information content (AvgIpc) is 2.24. The summed E-state index contributed by atoms with van der Waals surface area (Å²) >= 11 is 0. The number of aliphatic hydroxyl groups excluding tert-OH is 2. The van der Waals surface area contributed by atoms with Crippen LogP contribution in [0.1, 0.15) is 58.3 Å². The van der Waals surface area contributed by atoms with E-state index >= 15 is 0 Å². The lowest BCUT2D eigenvalue weighted by Gasteiger charge is -2.11. The van der Waals surface area contributed by atoms with Crippen molar-refractivity contribution < 1.29 is 14.9 Å². The second-order valence-electron chi connectivity index (χ2n) is 3.96. The fraction of sp³-hybridized carbons (Fsp3) is 1.00. The number of hydrogen-bond acceptors (Lipinski definition) is 3. The molecule has 0 saturated carbocycles. The van der Waals surface area contributed by atoms with Gasteiger partial charge in [-0.25, -0.2) is 0 Å². The molecule has 0 aromatic heterocycles. The number of ether oxygens (including phenoxy) is 1. The Kier molecular flexibility index (Phi) is 11.9. The van der Waals surface area contributed by atoms with Crippen LogP contribution in [0.5, 0.6) is 0 Å². The molecule has 0 aromatic rings. The Morgan fingerprint density at radius 3 is 2.40 bits per heavy atom. The molecule has 0 aliphatic heterocycles. The van der Waals surface area contributed by atoms with Crippen molar-refractivity contribution in [1.82, 2.24) is 0 Å². The van der Waals surface area contributed by atoms with Gasteiger partial charge in [0, 0.05) is 13.2 Å². The summed E-state index contributed by atoms with van der Waals surface area (Å²) in [4.78, 5) is 0. The highest BCUT2D eigenvalue weighted by molar-refractivity contribution is 4.47. The van der Waals surface area contributed by atoms with Gasteiger partial charge in [0.1, 0.15) is 0 Å². The standard InChI is InChI=1S/C12H26O3/c1-2-3-4-5-6-9-12(14)15-11-8-7-10-13/h12-14H,2-11H2,1H3. The Hall–Kier alpha value is -0.120. The van der Waals surface area contributed by atoms with Gasteiger partial charge >= 0.3 is 0 Å². The topological polar surface area (TPSA) is 49.7 Å². The lowest BCUT2D eigenvalue weighted by atomic mass is 10.1. The zero-order valence-electron chi connectivity index (χ0n) is 9.95. The minimum absolute atomic E-state index is 0.205. The normalized spacial score (nSPS) is 13.0. The minimum atomic E-state index is -0.606. The van der Waals surface area contributed by atoms with E-state index in [1.807, 2.05) is 0 Å². The van der Waals surface area contributed by atoms with E-state index in [2.05, 4.69) is 6.92 Å². The number of aliphatic hydroxyl groups is 2. The van der Waals surface area contributed by atoms with Crippen LogP contribution in [0.3, 0.4) is 0 Å². The molecule has 0 aliphatic rings. The highest BCUT2D eigenvalue weighted by Crippen LogP contribution is 2.08.